The highest BCUT2D eigenvalue weighted by molar-refractivity contribution is 7.08. The molecule has 0 aliphatic heterocycles. The second kappa shape index (κ2) is 6.41. The van der Waals surface area contributed by atoms with Crippen molar-refractivity contribution in [2.45, 2.75) is 0 Å². The van der Waals surface area contributed by atoms with Crippen LogP contribution in [0.5, 0.6) is 0 Å². The van der Waals surface area contributed by atoms with E-state index in [9.17, 15) is 0 Å². The molecule has 2 nitrogen and oxygen atoms in total. The van der Waals surface area contributed by atoms with Crippen LogP contribution in [-0.4, -0.2) is 12.4 Å². The molecule has 20 heavy (non-hydrogen) atoms. The molecule has 3 rings (SSSR count). The topological polar surface area (TPSA) is 24.7 Å². The minimum absolute atomic E-state index is 0.913. The van der Waals surface area contributed by atoms with Gasteiger partial charge in [0.15, 0.2) is 0 Å². The molecule has 0 aliphatic rings. The molecule has 0 saturated heterocycles. The van der Waals surface area contributed by atoms with E-state index in [1.165, 1.54) is 0 Å². The molecule has 98 valence electrons. The third-order valence-electron chi connectivity index (χ3n) is 2.64. The molecule has 0 fully saturated rings. The average Bonchev–Trinajstić information content (AvgIpc) is 3.17. The molecule has 3 aromatic rings. The van der Waals surface area contributed by atoms with Gasteiger partial charge in [-0.2, -0.15) is 22.7 Å². The van der Waals surface area contributed by atoms with E-state index < -0.39 is 0 Å². The first kappa shape index (κ1) is 13.0. The van der Waals surface area contributed by atoms with Crippen LogP contribution in [0.4, 0.5) is 11.4 Å². The summed E-state index contributed by atoms with van der Waals surface area (Å²) in [5, 5.41) is 8.23. The predicted octanol–water partition coefficient (Wildman–Crippen LogP) is 5.31. The lowest BCUT2D eigenvalue weighted by molar-refractivity contribution is 1.48. The van der Waals surface area contributed by atoms with Crippen LogP contribution in [-0.2, 0) is 0 Å². The summed E-state index contributed by atoms with van der Waals surface area (Å²) in [7, 11) is 0. The van der Waals surface area contributed by atoms with Crippen LogP contribution >= 0.6 is 22.7 Å². The highest BCUT2D eigenvalue weighted by Gasteiger charge is 1.93. The fourth-order valence-corrected chi connectivity index (χ4v) is 2.87. The Morgan fingerprint density at radius 1 is 0.750 bits per heavy atom. The summed E-state index contributed by atoms with van der Waals surface area (Å²) in [4.78, 5) is 8.93. The minimum Gasteiger partial charge on any atom is -0.256 e. The summed E-state index contributed by atoms with van der Waals surface area (Å²) >= 11 is 3.34. The maximum absolute atomic E-state index is 4.46. The van der Waals surface area contributed by atoms with Gasteiger partial charge in [-0.1, -0.05) is 6.07 Å². The number of aliphatic imine (C=N–C) groups is 2. The zero-order valence-corrected chi connectivity index (χ0v) is 12.3. The van der Waals surface area contributed by atoms with Gasteiger partial charge in [-0.25, -0.2) is 0 Å². The lowest BCUT2D eigenvalue weighted by atomic mass is 10.3. The Balaban J connectivity index is 1.76. The number of benzene rings is 1. The van der Waals surface area contributed by atoms with Crippen molar-refractivity contribution in [1.82, 2.24) is 0 Å². The Kier molecular flexibility index (Phi) is 4.16. The lowest BCUT2D eigenvalue weighted by Crippen LogP contribution is -1.75. The van der Waals surface area contributed by atoms with Gasteiger partial charge in [-0.3, -0.25) is 9.98 Å². The van der Waals surface area contributed by atoms with Gasteiger partial charge in [0.25, 0.3) is 0 Å². The second-order valence-corrected chi connectivity index (χ2v) is 5.71. The summed E-state index contributed by atoms with van der Waals surface area (Å²) in [5.74, 6) is 0. The van der Waals surface area contributed by atoms with Crippen molar-refractivity contribution in [3.63, 3.8) is 0 Å². The molecule has 0 aliphatic carbocycles. The smallest absolute Gasteiger partial charge is 0.0651 e. The molecule has 0 radical (unpaired) electrons. The van der Waals surface area contributed by atoms with Crippen LogP contribution in [0.25, 0.3) is 0 Å². The van der Waals surface area contributed by atoms with Crippen LogP contribution in [0.2, 0.25) is 0 Å². The summed E-state index contributed by atoms with van der Waals surface area (Å²) in [6.07, 6.45) is 3.75. The third kappa shape index (κ3) is 3.50. The average molecular weight is 296 g/mol. The van der Waals surface area contributed by atoms with E-state index in [1.807, 2.05) is 59.6 Å². The Hall–Kier alpha value is -2.04. The molecule has 2 aromatic heterocycles. The zero-order valence-electron chi connectivity index (χ0n) is 10.6. The van der Waals surface area contributed by atoms with E-state index in [0.717, 1.165) is 22.5 Å². The van der Waals surface area contributed by atoms with Gasteiger partial charge in [-0.05, 0) is 51.9 Å². The number of nitrogens with zero attached hydrogens (tertiary/aromatic N) is 2. The highest BCUT2D eigenvalue weighted by atomic mass is 32.1. The monoisotopic (exact) mass is 296 g/mol. The van der Waals surface area contributed by atoms with Crippen LogP contribution in [0, 0.1) is 0 Å². The first-order valence-electron chi connectivity index (χ1n) is 6.13. The van der Waals surface area contributed by atoms with Crippen molar-refractivity contribution in [3.05, 3.63) is 69.0 Å². The van der Waals surface area contributed by atoms with Crippen LogP contribution in [0.15, 0.2) is 67.9 Å². The van der Waals surface area contributed by atoms with Crippen molar-refractivity contribution in [2.24, 2.45) is 9.98 Å². The van der Waals surface area contributed by atoms with E-state index in [2.05, 4.69) is 20.7 Å². The Labute approximate surface area is 125 Å². The van der Waals surface area contributed by atoms with Gasteiger partial charge in [0.2, 0.25) is 0 Å². The van der Waals surface area contributed by atoms with E-state index in [0.29, 0.717) is 0 Å². The molecule has 4 heteroatoms. The molecule has 0 N–H and O–H groups in total. The summed E-state index contributed by atoms with van der Waals surface area (Å²) in [6.45, 7) is 0. The quantitative estimate of drug-likeness (QED) is 0.583. The Morgan fingerprint density at radius 3 is 1.75 bits per heavy atom. The van der Waals surface area contributed by atoms with E-state index in [-0.39, 0.29) is 0 Å². The third-order valence-corrected chi connectivity index (χ3v) is 4.04. The first-order valence-corrected chi connectivity index (χ1v) is 8.01. The fourth-order valence-electron chi connectivity index (χ4n) is 1.65. The second-order valence-electron chi connectivity index (χ2n) is 4.15. The normalized spacial score (nSPS) is 11.6. The van der Waals surface area contributed by atoms with Crippen LogP contribution in [0.1, 0.15) is 11.1 Å². The number of rotatable bonds is 4. The number of hydrogen-bond donors (Lipinski definition) is 0. The molecule has 0 amide bonds. The number of thiophene rings is 2. The van der Waals surface area contributed by atoms with Crippen molar-refractivity contribution in [3.8, 4) is 0 Å². The molecule has 0 bridgehead atoms. The molecule has 2 heterocycles. The molecule has 0 atom stereocenters. The standard InChI is InChI=1S/C16H12N2S2/c1-2-15(17-9-13-4-6-19-11-13)8-16(3-1)18-10-14-5-7-20-12-14/h1-12H. The van der Waals surface area contributed by atoms with Crippen molar-refractivity contribution < 1.29 is 0 Å². The highest BCUT2D eigenvalue weighted by Crippen LogP contribution is 2.20. The Bertz CT molecular complexity index is 651. The predicted molar refractivity (Wildman–Crippen MR) is 89.6 cm³/mol. The maximum Gasteiger partial charge on any atom is 0.0651 e. The zero-order chi connectivity index (χ0) is 13.6. The van der Waals surface area contributed by atoms with Crippen molar-refractivity contribution in [1.29, 1.82) is 0 Å². The molecular weight excluding hydrogens is 284 g/mol. The van der Waals surface area contributed by atoms with Gasteiger partial charge in [0.05, 0.1) is 11.4 Å². The molecule has 0 spiro atoms. The van der Waals surface area contributed by atoms with Crippen molar-refractivity contribution >= 4 is 46.5 Å². The molecule has 0 unspecified atom stereocenters. The van der Waals surface area contributed by atoms with Crippen LogP contribution < -0.4 is 0 Å². The minimum atomic E-state index is 0.913. The summed E-state index contributed by atoms with van der Waals surface area (Å²) in [5.41, 5.74) is 4.08. The molecule has 0 saturated carbocycles. The summed E-state index contributed by atoms with van der Waals surface area (Å²) in [6, 6.07) is 12.0. The fraction of sp³-hybridized carbons (Fsp3) is 0. The van der Waals surface area contributed by atoms with Gasteiger partial charge in [-0.15, -0.1) is 0 Å². The van der Waals surface area contributed by atoms with Crippen LogP contribution in [0.3, 0.4) is 0 Å². The van der Waals surface area contributed by atoms with E-state index >= 15 is 0 Å². The number of hydrogen-bond acceptors (Lipinski definition) is 4. The Morgan fingerprint density at radius 2 is 1.30 bits per heavy atom. The van der Waals surface area contributed by atoms with Gasteiger partial charge in [0.1, 0.15) is 0 Å². The van der Waals surface area contributed by atoms with Gasteiger partial charge in [0, 0.05) is 23.6 Å². The molecule has 1 aromatic carbocycles. The summed E-state index contributed by atoms with van der Waals surface area (Å²) < 4.78 is 0. The first-order chi connectivity index (χ1) is 9.90. The molecular formula is C16H12N2S2. The van der Waals surface area contributed by atoms with E-state index in [4.69, 9.17) is 0 Å². The lowest BCUT2D eigenvalue weighted by Gasteiger charge is -1.96. The maximum atomic E-state index is 4.46. The van der Waals surface area contributed by atoms with Crippen molar-refractivity contribution in [2.75, 3.05) is 0 Å². The van der Waals surface area contributed by atoms with Gasteiger partial charge < -0.3 is 0 Å². The van der Waals surface area contributed by atoms with Gasteiger partial charge >= 0.3 is 0 Å². The van der Waals surface area contributed by atoms with E-state index in [1.54, 1.807) is 22.7 Å². The largest absolute Gasteiger partial charge is 0.256 e. The SMILES string of the molecule is C(=Nc1cccc(N=Cc2ccsc2)c1)c1ccsc1.